The van der Waals surface area contributed by atoms with E-state index in [1.807, 2.05) is 0 Å². The Morgan fingerprint density at radius 1 is 1.33 bits per heavy atom. The minimum Gasteiger partial charge on any atom is -0.338 e. The first-order chi connectivity index (χ1) is 10.3. The molecular weight excluding hydrogens is 282 g/mol. The third-order valence-corrected chi connectivity index (χ3v) is 4.68. The Bertz CT molecular complexity index is 577. The number of nitrogens with zero attached hydrogens (tertiary/aromatic N) is 2. The van der Waals surface area contributed by atoms with Crippen molar-refractivity contribution in [3.63, 3.8) is 0 Å². The van der Waals surface area contributed by atoms with E-state index in [0.29, 0.717) is 12.0 Å². The maximum atomic E-state index is 5.29. The monoisotopic (exact) mass is 303 g/mol. The molecule has 1 heterocycles. The Morgan fingerprint density at radius 2 is 2.10 bits per heavy atom. The van der Waals surface area contributed by atoms with Gasteiger partial charge in [-0.3, -0.25) is 0 Å². The molecule has 4 nitrogen and oxygen atoms in total. The van der Waals surface area contributed by atoms with Crippen molar-refractivity contribution in [1.82, 2.24) is 15.5 Å². The van der Waals surface area contributed by atoms with Crippen LogP contribution in [0.5, 0.6) is 0 Å². The highest BCUT2D eigenvalue weighted by molar-refractivity contribution is 7.98. The summed E-state index contributed by atoms with van der Waals surface area (Å²) in [5.74, 6) is 2.91. The van der Waals surface area contributed by atoms with Crippen LogP contribution >= 0.6 is 11.8 Å². The summed E-state index contributed by atoms with van der Waals surface area (Å²) in [6, 6.07) is 9.07. The molecule has 1 fully saturated rings. The van der Waals surface area contributed by atoms with Crippen LogP contribution in [0.4, 0.5) is 0 Å². The van der Waals surface area contributed by atoms with Crippen LogP contribution in [0.15, 0.2) is 33.7 Å². The molecule has 3 rings (SSSR count). The molecule has 5 heteroatoms. The molecule has 0 spiro atoms. The van der Waals surface area contributed by atoms with Gasteiger partial charge in [0.15, 0.2) is 5.82 Å². The summed E-state index contributed by atoms with van der Waals surface area (Å²) in [6.07, 6.45) is 2.41. The minimum absolute atomic E-state index is 0.395. The fourth-order valence-corrected chi connectivity index (χ4v) is 2.99. The number of nitrogens with one attached hydrogen (secondary N) is 1. The molecule has 1 N–H and O–H groups in total. The first kappa shape index (κ1) is 14.6. The van der Waals surface area contributed by atoms with Crippen molar-refractivity contribution < 1.29 is 4.52 Å². The molecule has 2 aromatic rings. The number of rotatable bonds is 7. The van der Waals surface area contributed by atoms with Crippen molar-refractivity contribution in [3.05, 3.63) is 41.5 Å². The van der Waals surface area contributed by atoms with Crippen molar-refractivity contribution in [2.45, 2.75) is 49.3 Å². The second kappa shape index (κ2) is 6.62. The Hall–Kier alpha value is -1.33. The molecule has 0 saturated heterocycles. The highest BCUT2D eigenvalue weighted by Gasteiger charge is 2.28. The molecule has 0 radical (unpaired) electrons. The summed E-state index contributed by atoms with van der Waals surface area (Å²) in [6.45, 7) is 5.29. The first-order valence-corrected chi connectivity index (χ1v) is 8.53. The van der Waals surface area contributed by atoms with E-state index in [9.17, 15) is 0 Å². The zero-order valence-electron chi connectivity index (χ0n) is 12.5. The number of benzene rings is 1. The Labute approximate surface area is 129 Å². The summed E-state index contributed by atoms with van der Waals surface area (Å²) in [4.78, 5) is 5.68. The second-order valence-corrected chi connectivity index (χ2v) is 6.51. The quantitative estimate of drug-likeness (QED) is 0.786. The third-order valence-electron chi connectivity index (χ3n) is 3.68. The fourth-order valence-electron chi connectivity index (χ4n) is 2.26. The Kier molecular flexibility index (Phi) is 4.60. The van der Waals surface area contributed by atoms with Gasteiger partial charge in [0.2, 0.25) is 5.89 Å². The number of aromatic nitrogens is 2. The van der Waals surface area contributed by atoms with E-state index in [-0.39, 0.29) is 0 Å². The number of thioether (sulfide) groups is 1. The van der Waals surface area contributed by atoms with Gasteiger partial charge in [-0.1, -0.05) is 24.2 Å². The van der Waals surface area contributed by atoms with Gasteiger partial charge in [-0.05, 0) is 44.0 Å². The lowest BCUT2D eigenvalue weighted by atomic mass is 10.1. The van der Waals surface area contributed by atoms with Gasteiger partial charge in [-0.15, -0.1) is 11.8 Å². The van der Waals surface area contributed by atoms with Gasteiger partial charge in [0.1, 0.15) is 0 Å². The van der Waals surface area contributed by atoms with Gasteiger partial charge in [0.25, 0.3) is 0 Å². The maximum Gasteiger partial charge on any atom is 0.237 e. The van der Waals surface area contributed by atoms with Crippen molar-refractivity contribution in [2.24, 2.45) is 0 Å². The van der Waals surface area contributed by atoms with Gasteiger partial charge in [0, 0.05) is 16.9 Å². The number of hydrogen-bond donors (Lipinski definition) is 1. The molecule has 1 saturated carbocycles. The summed E-state index contributed by atoms with van der Waals surface area (Å²) in [7, 11) is 0. The van der Waals surface area contributed by atoms with E-state index in [4.69, 9.17) is 4.52 Å². The molecule has 0 amide bonds. The van der Waals surface area contributed by atoms with Gasteiger partial charge in [-0.2, -0.15) is 4.98 Å². The predicted molar refractivity (Wildman–Crippen MR) is 84.4 cm³/mol. The molecule has 0 aliphatic heterocycles. The summed E-state index contributed by atoms with van der Waals surface area (Å²) >= 11 is 1.74. The molecule has 112 valence electrons. The van der Waals surface area contributed by atoms with Gasteiger partial charge in [-0.25, -0.2) is 0 Å². The van der Waals surface area contributed by atoms with Crippen molar-refractivity contribution in [3.8, 4) is 0 Å². The van der Waals surface area contributed by atoms with Crippen LogP contribution in [0.2, 0.25) is 0 Å². The van der Waals surface area contributed by atoms with E-state index >= 15 is 0 Å². The lowest BCUT2D eigenvalue weighted by Crippen LogP contribution is -2.17. The summed E-state index contributed by atoms with van der Waals surface area (Å²) in [5.41, 5.74) is 1.31. The van der Waals surface area contributed by atoms with Crippen LogP contribution in [-0.2, 0) is 5.75 Å². The molecule has 21 heavy (non-hydrogen) atoms. The average molecular weight is 303 g/mol. The third kappa shape index (κ3) is 3.86. The smallest absolute Gasteiger partial charge is 0.237 e. The van der Waals surface area contributed by atoms with Crippen molar-refractivity contribution >= 4 is 11.8 Å². The lowest BCUT2D eigenvalue weighted by molar-refractivity contribution is 0.385. The standard InChI is InChI=1S/C16H21N3OS/c1-3-17-11(2)12-6-8-14(9-7-12)21-10-15-18-16(19-20-15)13-4-5-13/h6-9,11,13,17H,3-5,10H2,1-2H3. The second-order valence-electron chi connectivity index (χ2n) is 5.46. The molecule has 1 aliphatic rings. The van der Waals surface area contributed by atoms with Gasteiger partial charge >= 0.3 is 0 Å². The van der Waals surface area contributed by atoms with E-state index in [0.717, 1.165) is 24.0 Å². The maximum absolute atomic E-state index is 5.29. The van der Waals surface area contributed by atoms with Crippen LogP contribution in [0.25, 0.3) is 0 Å². The predicted octanol–water partition coefficient (Wildman–Crippen LogP) is 3.91. The zero-order chi connectivity index (χ0) is 14.7. The zero-order valence-corrected chi connectivity index (χ0v) is 13.3. The van der Waals surface area contributed by atoms with E-state index < -0.39 is 0 Å². The molecule has 1 aromatic carbocycles. The van der Waals surface area contributed by atoms with Crippen LogP contribution in [0.3, 0.4) is 0 Å². The van der Waals surface area contributed by atoms with Gasteiger partial charge < -0.3 is 9.84 Å². The SMILES string of the molecule is CCNC(C)c1ccc(SCc2nc(C3CC3)no2)cc1. The van der Waals surface area contributed by atoms with Gasteiger partial charge in [0.05, 0.1) is 5.75 Å². The highest BCUT2D eigenvalue weighted by atomic mass is 32.2. The normalized spacial score (nSPS) is 16.1. The molecular formula is C16H21N3OS. The minimum atomic E-state index is 0.395. The van der Waals surface area contributed by atoms with Crippen molar-refractivity contribution in [2.75, 3.05) is 6.54 Å². The molecule has 0 bridgehead atoms. The highest BCUT2D eigenvalue weighted by Crippen LogP contribution is 2.38. The summed E-state index contributed by atoms with van der Waals surface area (Å²) in [5, 5.41) is 7.46. The lowest BCUT2D eigenvalue weighted by Gasteiger charge is -2.12. The number of hydrogen-bond acceptors (Lipinski definition) is 5. The largest absolute Gasteiger partial charge is 0.338 e. The van der Waals surface area contributed by atoms with Crippen molar-refractivity contribution in [1.29, 1.82) is 0 Å². The van der Waals surface area contributed by atoms with Crippen LogP contribution in [0.1, 0.15) is 55.9 Å². The Morgan fingerprint density at radius 3 is 2.76 bits per heavy atom. The van der Waals surface area contributed by atoms with E-state index in [2.05, 4.69) is 53.6 Å². The average Bonchev–Trinajstić information content (AvgIpc) is 3.25. The first-order valence-electron chi connectivity index (χ1n) is 7.55. The summed E-state index contributed by atoms with van der Waals surface area (Å²) < 4.78 is 5.29. The molecule has 1 aliphatic carbocycles. The molecule has 1 atom stereocenters. The Balaban J connectivity index is 1.54. The van der Waals surface area contributed by atoms with Crippen LogP contribution in [-0.4, -0.2) is 16.7 Å². The fraction of sp³-hybridized carbons (Fsp3) is 0.500. The molecule has 1 unspecified atom stereocenters. The van der Waals surface area contributed by atoms with Crippen LogP contribution in [0, 0.1) is 0 Å². The topological polar surface area (TPSA) is 51.0 Å². The molecule has 1 aromatic heterocycles. The van der Waals surface area contributed by atoms with E-state index in [1.165, 1.54) is 23.3 Å². The van der Waals surface area contributed by atoms with Crippen LogP contribution < -0.4 is 5.32 Å². The van der Waals surface area contributed by atoms with E-state index in [1.54, 1.807) is 11.8 Å².